The molecule has 4 nitrogen and oxygen atoms in total. The van der Waals surface area contributed by atoms with Crippen LogP contribution in [0.3, 0.4) is 0 Å². The fourth-order valence-electron chi connectivity index (χ4n) is 3.74. The Labute approximate surface area is 194 Å². The summed E-state index contributed by atoms with van der Waals surface area (Å²) in [7, 11) is 0. The summed E-state index contributed by atoms with van der Waals surface area (Å²) in [6, 6.07) is 15.7. The van der Waals surface area contributed by atoms with Crippen molar-refractivity contribution in [3.8, 4) is 0 Å². The van der Waals surface area contributed by atoms with E-state index in [9.17, 15) is 9.59 Å². The minimum Gasteiger partial charge on any atom is -0.337 e. The number of hydrogen-bond acceptors (Lipinski definition) is 3. The first-order valence-electron chi connectivity index (χ1n) is 10.7. The second-order valence-electron chi connectivity index (χ2n) is 8.90. The van der Waals surface area contributed by atoms with E-state index in [4.69, 9.17) is 11.6 Å². The van der Waals surface area contributed by atoms with Crippen LogP contribution in [0.4, 0.5) is 0 Å². The molecule has 0 N–H and O–H groups in total. The molecule has 0 aromatic heterocycles. The first-order chi connectivity index (χ1) is 14.6. The molecule has 0 saturated carbocycles. The first-order valence-corrected chi connectivity index (χ1v) is 12.1. The van der Waals surface area contributed by atoms with E-state index < -0.39 is 0 Å². The Morgan fingerprint density at radius 1 is 1.13 bits per heavy atom. The molecule has 6 heteroatoms. The topological polar surface area (TPSA) is 40.6 Å². The molecule has 0 radical (unpaired) electrons. The van der Waals surface area contributed by atoms with Gasteiger partial charge in [0.05, 0.1) is 15.8 Å². The van der Waals surface area contributed by atoms with Gasteiger partial charge < -0.3 is 9.80 Å². The fraction of sp³-hybridized carbons (Fsp3) is 0.440. The maximum absolute atomic E-state index is 13.0. The molecule has 1 heterocycles. The number of carbonyl (C=O) groups excluding carboxylic acids is 2. The molecule has 1 saturated heterocycles. The number of amides is 2. The van der Waals surface area contributed by atoms with Gasteiger partial charge in [-0.05, 0) is 42.5 Å². The average molecular weight is 459 g/mol. The molecule has 2 aromatic rings. The van der Waals surface area contributed by atoms with Gasteiger partial charge in [0.25, 0.3) is 5.91 Å². The van der Waals surface area contributed by atoms with Crippen molar-refractivity contribution in [2.45, 2.75) is 50.7 Å². The summed E-state index contributed by atoms with van der Waals surface area (Å²) in [6.45, 7) is 12.0. The van der Waals surface area contributed by atoms with Gasteiger partial charge in [-0.25, -0.2) is 0 Å². The van der Waals surface area contributed by atoms with Crippen molar-refractivity contribution in [2.24, 2.45) is 0 Å². The lowest BCUT2D eigenvalue weighted by Crippen LogP contribution is -2.40. The SMILES string of the molecule is CCN(CCN1C(=O)[C@@H](C)S[C@@H]1c1ccc(C(C)(C)C)cc1)C(=O)c1ccccc1Cl. The molecule has 3 rings (SSSR count). The predicted octanol–water partition coefficient (Wildman–Crippen LogP) is 5.76. The molecule has 2 aromatic carbocycles. The van der Waals surface area contributed by atoms with E-state index in [0.717, 1.165) is 5.56 Å². The van der Waals surface area contributed by atoms with Gasteiger partial charge in [0, 0.05) is 19.6 Å². The van der Waals surface area contributed by atoms with E-state index in [1.54, 1.807) is 28.8 Å². The third-order valence-electron chi connectivity index (χ3n) is 5.69. The number of rotatable bonds is 6. The highest BCUT2D eigenvalue weighted by molar-refractivity contribution is 8.01. The fourth-order valence-corrected chi connectivity index (χ4v) is 5.27. The van der Waals surface area contributed by atoms with Crippen LogP contribution < -0.4 is 0 Å². The Balaban J connectivity index is 1.75. The van der Waals surface area contributed by atoms with Gasteiger partial charge in [-0.15, -0.1) is 11.8 Å². The zero-order chi connectivity index (χ0) is 22.8. The Hall–Kier alpha value is -1.98. The highest BCUT2D eigenvalue weighted by Gasteiger charge is 2.38. The summed E-state index contributed by atoms with van der Waals surface area (Å²) in [6.07, 6.45) is 0. The Morgan fingerprint density at radius 3 is 2.35 bits per heavy atom. The minimum atomic E-state index is -0.105. The van der Waals surface area contributed by atoms with E-state index >= 15 is 0 Å². The Kier molecular flexibility index (Phi) is 7.38. The molecule has 31 heavy (non-hydrogen) atoms. The van der Waals surface area contributed by atoms with Gasteiger partial charge in [0.15, 0.2) is 0 Å². The second kappa shape index (κ2) is 9.66. The number of hydrogen-bond donors (Lipinski definition) is 0. The monoisotopic (exact) mass is 458 g/mol. The number of likely N-dealkylation sites (N-methyl/N-ethyl adjacent to an activating group) is 1. The molecular formula is C25H31ClN2O2S. The van der Waals surface area contributed by atoms with E-state index in [2.05, 4.69) is 45.0 Å². The largest absolute Gasteiger partial charge is 0.337 e. The quantitative estimate of drug-likeness (QED) is 0.552. The van der Waals surface area contributed by atoms with Crippen molar-refractivity contribution in [3.63, 3.8) is 0 Å². The van der Waals surface area contributed by atoms with Crippen molar-refractivity contribution in [3.05, 3.63) is 70.2 Å². The van der Waals surface area contributed by atoms with E-state index in [1.807, 2.05) is 30.9 Å². The molecule has 166 valence electrons. The van der Waals surface area contributed by atoms with Gasteiger partial charge in [-0.3, -0.25) is 9.59 Å². The number of thioether (sulfide) groups is 1. The van der Waals surface area contributed by atoms with E-state index in [-0.39, 0.29) is 27.9 Å². The average Bonchev–Trinajstić information content (AvgIpc) is 3.02. The summed E-state index contributed by atoms with van der Waals surface area (Å²) < 4.78 is 0. The van der Waals surface area contributed by atoms with E-state index in [1.165, 1.54) is 5.56 Å². The summed E-state index contributed by atoms with van der Waals surface area (Å²) in [5.41, 5.74) is 2.98. The van der Waals surface area contributed by atoms with Gasteiger partial charge in [-0.1, -0.05) is 68.8 Å². The van der Waals surface area contributed by atoms with Crippen LogP contribution in [0.5, 0.6) is 0 Å². The highest BCUT2D eigenvalue weighted by atomic mass is 35.5. The van der Waals surface area contributed by atoms with Crippen molar-refractivity contribution in [1.82, 2.24) is 9.80 Å². The van der Waals surface area contributed by atoms with Gasteiger partial charge in [0.2, 0.25) is 5.91 Å². The molecule has 1 aliphatic heterocycles. The first kappa shape index (κ1) is 23.7. The molecule has 1 aliphatic rings. The van der Waals surface area contributed by atoms with Crippen LogP contribution in [0.15, 0.2) is 48.5 Å². The molecule has 0 spiro atoms. The summed E-state index contributed by atoms with van der Waals surface area (Å²) in [5, 5.41) is 0.316. The molecule has 2 amide bonds. The zero-order valence-electron chi connectivity index (χ0n) is 18.9. The Morgan fingerprint density at radius 2 is 1.77 bits per heavy atom. The third kappa shape index (κ3) is 5.27. The minimum absolute atomic E-state index is 0.0364. The highest BCUT2D eigenvalue weighted by Crippen LogP contribution is 2.43. The molecular weight excluding hydrogens is 428 g/mol. The van der Waals surface area contributed by atoms with Crippen molar-refractivity contribution < 1.29 is 9.59 Å². The van der Waals surface area contributed by atoms with Crippen LogP contribution in [0.2, 0.25) is 5.02 Å². The summed E-state index contributed by atoms with van der Waals surface area (Å²) in [4.78, 5) is 29.5. The summed E-state index contributed by atoms with van der Waals surface area (Å²) in [5.74, 6) is 0.0164. The van der Waals surface area contributed by atoms with Crippen LogP contribution in [-0.4, -0.2) is 46.5 Å². The normalized spacial score (nSPS) is 19.0. The molecule has 1 fully saturated rings. The van der Waals surface area contributed by atoms with Gasteiger partial charge in [0.1, 0.15) is 5.37 Å². The number of carbonyl (C=O) groups is 2. The molecule has 0 aliphatic carbocycles. The molecule has 0 bridgehead atoms. The standard InChI is InChI=1S/C25H31ClN2O2S/c1-6-27(23(30)20-9-7-8-10-21(20)26)15-16-28-22(29)17(2)31-24(28)18-11-13-19(14-12-18)25(3,4)5/h7-14,17,24H,6,15-16H2,1-5H3/t17-,24-/m1/s1. The van der Waals surface area contributed by atoms with Crippen LogP contribution in [0, 0.1) is 0 Å². The maximum atomic E-state index is 13.0. The lowest BCUT2D eigenvalue weighted by Gasteiger charge is -2.29. The second-order valence-corrected chi connectivity index (χ2v) is 10.7. The number of halogens is 1. The van der Waals surface area contributed by atoms with Gasteiger partial charge >= 0.3 is 0 Å². The van der Waals surface area contributed by atoms with E-state index in [0.29, 0.717) is 30.2 Å². The molecule has 2 atom stereocenters. The number of benzene rings is 2. The van der Waals surface area contributed by atoms with Crippen LogP contribution in [0.1, 0.15) is 61.5 Å². The summed E-state index contributed by atoms with van der Waals surface area (Å²) >= 11 is 7.89. The third-order valence-corrected chi connectivity index (χ3v) is 7.42. The van der Waals surface area contributed by atoms with Crippen molar-refractivity contribution >= 4 is 35.2 Å². The van der Waals surface area contributed by atoms with Crippen molar-refractivity contribution in [1.29, 1.82) is 0 Å². The van der Waals surface area contributed by atoms with Crippen LogP contribution in [0.25, 0.3) is 0 Å². The Bertz CT molecular complexity index is 939. The zero-order valence-corrected chi connectivity index (χ0v) is 20.5. The predicted molar refractivity (Wildman–Crippen MR) is 130 cm³/mol. The molecule has 0 unspecified atom stereocenters. The smallest absolute Gasteiger partial charge is 0.255 e. The van der Waals surface area contributed by atoms with Crippen LogP contribution >= 0.6 is 23.4 Å². The lowest BCUT2D eigenvalue weighted by atomic mass is 9.86. The maximum Gasteiger partial charge on any atom is 0.255 e. The van der Waals surface area contributed by atoms with Crippen molar-refractivity contribution in [2.75, 3.05) is 19.6 Å². The van der Waals surface area contributed by atoms with Gasteiger partial charge in [-0.2, -0.15) is 0 Å². The van der Waals surface area contributed by atoms with Crippen LogP contribution in [-0.2, 0) is 10.2 Å². The lowest BCUT2D eigenvalue weighted by molar-refractivity contribution is -0.130. The number of nitrogens with zero attached hydrogens (tertiary/aromatic N) is 2.